The SMILES string of the molecule is C=COC(C)=O.CC(C)CCCCCCCCCCCCCCCCCC(=O)O. The van der Waals surface area contributed by atoms with E-state index < -0.39 is 5.97 Å². The molecule has 0 aromatic carbocycles. The summed E-state index contributed by atoms with van der Waals surface area (Å²) in [5.74, 6) is -0.106. The first-order chi connectivity index (χ1) is 13.9. The Morgan fingerprint density at radius 3 is 1.34 bits per heavy atom. The van der Waals surface area contributed by atoms with Crippen LogP contribution in [0.5, 0.6) is 0 Å². The second-order valence-electron chi connectivity index (χ2n) is 8.41. The molecule has 0 aromatic heterocycles. The number of carboxylic acid groups (broad SMARTS) is 1. The van der Waals surface area contributed by atoms with E-state index in [9.17, 15) is 9.59 Å². The van der Waals surface area contributed by atoms with Gasteiger partial charge in [-0.2, -0.15) is 0 Å². The fourth-order valence-corrected chi connectivity index (χ4v) is 3.24. The second kappa shape index (κ2) is 24.7. The molecule has 4 nitrogen and oxygen atoms in total. The maximum atomic E-state index is 10.4. The molecule has 29 heavy (non-hydrogen) atoms. The summed E-state index contributed by atoms with van der Waals surface area (Å²) >= 11 is 0. The van der Waals surface area contributed by atoms with E-state index in [1.54, 1.807) is 0 Å². The largest absolute Gasteiger partial charge is 0.481 e. The number of hydrogen-bond donors (Lipinski definition) is 1. The van der Waals surface area contributed by atoms with Gasteiger partial charge in [0.1, 0.15) is 0 Å². The molecule has 0 bridgehead atoms. The van der Waals surface area contributed by atoms with Crippen molar-refractivity contribution in [3.05, 3.63) is 12.8 Å². The van der Waals surface area contributed by atoms with E-state index in [1.165, 1.54) is 96.8 Å². The minimum Gasteiger partial charge on any atom is -0.481 e. The Morgan fingerprint density at radius 1 is 0.759 bits per heavy atom. The zero-order chi connectivity index (χ0) is 22.2. The zero-order valence-electron chi connectivity index (χ0n) is 19.6. The number of carbonyl (C=O) groups is 2. The number of carbonyl (C=O) groups excluding carboxylic acids is 1. The third kappa shape index (κ3) is 34.6. The van der Waals surface area contributed by atoms with Gasteiger partial charge >= 0.3 is 11.9 Å². The lowest BCUT2D eigenvalue weighted by molar-refractivity contribution is -0.137. The molecular formula is C25H48O4. The predicted octanol–water partition coefficient (Wildman–Crippen LogP) is 8.05. The average molecular weight is 413 g/mol. The van der Waals surface area contributed by atoms with Crippen LogP contribution in [0.2, 0.25) is 0 Å². The van der Waals surface area contributed by atoms with Gasteiger partial charge < -0.3 is 9.84 Å². The molecule has 0 saturated heterocycles. The van der Waals surface area contributed by atoms with Crippen molar-refractivity contribution in [1.29, 1.82) is 0 Å². The van der Waals surface area contributed by atoms with E-state index >= 15 is 0 Å². The van der Waals surface area contributed by atoms with Gasteiger partial charge in [-0.3, -0.25) is 9.59 Å². The number of rotatable bonds is 19. The molecule has 0 atom stereocenters. The van der Waals surface area contributed by atoms with Crippen molar-refractivity contribution >= 4 is 11.9 Å². The molecule has 0 aliphatic carbocycles. The lowest BCUT2D eigenvalue weighted by atomic mass is 10.0. The van der Waals surface area contributed by atoms with Crippen molar-refractivity contribution in [2.24, 2.45) is 5.92 Å². The van der Waals surface area contributed by atoms with E-state index in [4.69, 9.17) is 5.11 Å². The number of carboxylic acids is 1. The molecule has 0 saturated carbocycles. The number of ether oxygens (including phenoxy) is 1. The standard InChI is InChI=1S/C21H42O2.C4H6O2/c1-20(2)18-16-14-12-10-8-6-4-3-5-7-9-11-13-15-17-19-21(22)23;1-3-6-4(2)5/h20H,3-19H2,1-2H3,(H,22,23);3H,1H2,2H3. The Kier molecular flexibility index (Phi) is 25.5. The number of esters is 1. The molecule has 0 aliphatic rings. The van der Waals surface area contributed by atoms with Crippen molar-refractivity contribution in [3.63, 3.8) is 0 Å². The van der Waals surface area contributed by atoms with E-state index in [0.29, 0.717) is 6.42 Å². The van der Waals surface area contributed by atoms with Crippen LogP contribution in [0.15, 0.2) is 12.8 Å². The molecule has 0 unspecified atom stereocenters. The van der Waals surface area contributed by atoms with Crippen molar-refractivity contribution in [1.82, 2.24) is 0 Å². The van der Waals surface area contributed by atoms with E-state index in [2.05, 4.69) is 25.2 Å². The summed E-state index contributed by atoms with van der Waals surface area (Å²) in [7, 11) is 0. The number of hydrogen-bond acceptors (Lipinski definition) is 3. The fourth-order valence-electron chi connectivity index (χ4n) is 3.24. The second-order valence-corrected chi connectivity index (χ2v) is 8.41. The highest BCUT2D eigenvalue weighted by Gasteiger charge is 1.97. The van der Waals surface area contributed by atoms with Gasteiger partial charge in [-0.15, -0.1) is 0 Å². The molecule has 0 fully saturated rings. The van der Waals surface area contributed by atoms with Crippen molar-refractivity contribution in [2.45, 2.75) is 130 Å². The summed E-state index contributed by atoms with van der Waals surface area (Å²) in [6, 6.07) is 0. The Labute approximate surface area is 180 Å². The molecule has 0 amide bonds. The lowest BCUT2D eigenvalue weighted by Gasteiger charge is -2.05. The summed E-state index contributed by atoms with van der Waals surface area (Å²) < 4.78 is 4.17. The molecular weight excluding hydrogens is 364 g/mol. The van der Waals surface area contributed by atoms with Crippen LogP contribution in [0.4, 0.5) is 0 Å². The maximum absolute atomic E-state index is 10.4. The average Bonchev–Trinajstić information content (AvgIpc) is 2.64. The van der Waals surface area contributed by atoms with Crippen LogP contribution in [0.25, 0.3) is 0 Å². The predicted molar refractivity (Wildman–Crippen MR) is 123 cm³/mol. The van der Waals surface area contributed by atoms with Crippen LogP contribution in [0.3, 0.4) is 0 Å². The normalized spacial score (nSPS) is 10.3. The highest BCUT2D eigenvalue weighted by Crippen LogP contribution is 2.15. The van der Waals surface area contributed by atoms with Crippen LogP contribution < -0.4 is 0 Å². The third-order valence-electron chi connectivity index (χ3n) is 4.92. The van der Waals surface area contributed by atoms with Crippen molar-refractivity contribution in [2.75, 3.05) is 0 Å². The number of aliphatic carboxylic acids is 1. The topological polar surface area (TPSA) is 63.6 Å². The minimum absolute atomic E-state index is 0.329. The van der Waals surface area contributed by atoms with Crippen LogP contribution in [0.1, 0.15) is 130 Å². The molecule has 0 aliphatic heterocycles. The highest BCUT2D eigenvalue weighted by molar-refractivity contribution is 5.66. The van der Waals surface area contributed by atoms with Crippen molar-refractivity contribution < 1.29 is 19.4 Å². The number of unbranched alkanes of at least 4 members (excludes halogenated alkanes) is 14. The van der Waals surface area contributed by atoms with Crippen LogP contribution >= 0.6 is 0 Å². The summed E-state index contributed by atoms with van der Waals surface area (Å²) in [5, 5.41) is 8.55. The molecule has 0 aromatic rings. The first kappa shape index (κ1) is 29.9. The van der Waals surface area contributed by atoms with E-state index in [1.807, 2.05) is 0 Å². The van der Waals surface area contributed by atoms with E-state index in [0.717, 1.165) is 25.0 Å². The third-order valence-corrected chi connectivity index (χ3v) is 4.92. The molecule has 0 radical (unpaired) electrons. The van der Waals surface area contributed by atoms with Gasteiger partial charge in [-0.25, -0.2) is 0 Å². The molecule has 4 heteroatoms. The quantitative estimate of drug-likeness (QED) is 0.132. The monoisotopic (exact) mass is 412 g/mol. The lowest BCUT2D eigenvalue weighted by Crippen LogP contribution is -1.93. The maximum Gasteiger partial charge on any atom is 0.307 e. The van der Waals surface area contributed by atoms with Gasteiger partial charge in [0.25, 0.3) is 0 Å². The summed E-state index contributed by atoms with van der Waals surface area (Å²) in [4.78, 5) is 20.1. The van der Waals surface area contributed by atoms with Gasteiger partial charge in [0.15, 0.2) is 0 Å². The Hall–Kier alpha value is -1.32. The Balaban J connectivity index is 0. The Bertz CT molecular complexity index is 377. The Morgan fingerprint density at radius 2 is 1.10 bits per heavy atom. The van der Waals surface area contributed by atoms with Gasteiger partial charge in [0.05, 0.1) is 6.26 Å². The molecule has 172 valence electrons. The van der Waals surface area contributed by atoms with Crippen LogP contribution in [0, 0.1) is 5.92 Å². The zero-order valence-corrected chi connectivity index (χ0v) is 19.6. The molecule has 0 rings (SSSR count). The van der Waals surface area contributed by atoms with Gasteiger partial charge in [-0.1, -0.05) is 117 Å². The minimum atomic E-state index is -0.652. The summed E-state index contributed by atoms with van der Waals surface area (Å²) in [6.45, 7) is 9.12. The fraction of sp³-hybridized carbons (Fsp3) is 0.840. The summed E-state index contributed by atoms with van der Waals surface area (Å²) in [5.41, 5.74) is 0. The first-order valence-corrected chi connectivity index (χ1v) is 11.9. The smallest absolute Gasteiger partial charge is 0.307 e. The van der Waals surface area contributed by atoms with Gasteiger partial charge in [0.2, 0.25) is 0 Å². The van der Waals surface area contributed by atoms with Crippen LogP contribution in [-0.2, 0) is 14.3 Å². The van der Waals surface area contributed by atoms with E-state index in [-0.39, 0.29) is 5.97 Å². The summed E-state index contributed by atoms with van der Waals surface area (Å²) in [6.07, 6.45) is 22.8. The van der Waals surface area contributed by atoms with Crippen LogP contribution in [-0.4, -0.2) is 17.0 Å². The molecule has 1 N–H and O–H groups in total. The highest BCUT2D eigenvalue weighted by atomic mass is 16.5. The first-order valence-electron chi connectivity index (χ1n) is 11.9. The van der Waals surface area contributed by atoms with Gasteiger partial charge in [-0.05, 0) is 12.3 Å². The van der Waals surface area contributed by atoms with Gasteiger partial charge in [0, 0.05) is 13.3 Å². The molecule has 0 spiro atoms. The van der Waals surface area contributed by atoms with Crippen molar-refractivity contribution in [3.8, 4) is 0 Å². The molecule has 0 heterocycles.